The summed E-state index contributed by atoms with van der Waals surface area (Å²) in [4.78, 5) is 6.49. The standard InChI is InChI=1S/C9H13ClN2S/c1-9(2)4-6(9)12(3)8-11-5-7(10)13-8/h5-6H,4H2,1-3H3. The molecule has 0 saturated heterocycles. The van der Waals surface area contributed by atoms with Gasteiger partial charge >= 0.3 is 0 Å². The first-order valence-corrected chi connectivity index (χ1v) is 5.54. The van der Waals surface area contributed by atoms with Gasteiger partial charge in [-0.2, -0.15) is 0 Å². The summed E-state index contributed by atoms with van der Waals surface area (Å²) in [5, 5.41) is 1.03. The maximum atomic E-state index is 5.83. The van der Waals surface area contributed by atoms with E-state index < -0.39 is 0 Å². The zero-order valence-corrected chi connectivity index (χ0v) is 9.61. The van der Waals surface area contributed by atoms with Gasteiger partial charge in [0.15, 0.2) is 5.13 Å². The second-order valence-electron chi connectivity index (χ2n) is 4.27. The molecule has 0 aliphatic heterocycles. The van der Waals surface area contributed by atoms with Crippen LogP contribution in [0.15, 0.2) is 6.20 Å². The minimum absolute atomic E-state index is 0.451. The zero-order chi connectivity index (χ0) is 9.64. The molecule has 4 heteroatoms. The van der Waals surface area contributed by atoms with E-state index in [1.807, 2.05) is 0 Å². The Balaban J connectivity index is 2.11. The third kappa shape index (κ3) is 1.67. The van der Waals surface area contributed by atoms with Gasteiger partial charge in [0, 0.05) is 13.1 Å². The van der Waals surface area contributed by atoms with Crippen LogP contribution in [0.5, 0.6) is 0 Å². The van der Waals surface area contributed by atoms with Crippen LogP contribution in [0.2, 0.25) is 4.34 Å². The van der Waals surface area contributed by atoms with E-state index >= 15 is 0 Å². The summed E-state index contributed by atoms with van der Waals surface area (Å²) >= 11 is 7.38. The van der Waals surface area contributed by atoms with Gasteiger partial charge in [-0.05, 0) is 11.8 Å². The third-order valence-corrected chi connectivity index (χ3v) is 3.90. The maximum absolute atomic E-state index is 5.83. The molecule has 1 aliphatic rings. The lowest BCUT2D eigenvalue weighted by Crippen LogP contribution is -2.23. The fraction of sp³-hybridized carbons (Fsp3) is 0.667. The van der Waals surface area contributed by atoms with Crippen LogP contribution in [0.4, 0.5) is 5.13 Å². The minimum Gasteiger partial charge on any atom is -0.348 e. The maximum Gasteiger partial charge on any atom is 0.186 e. The van der Waals surface area contributed by atoms with Gasteiger partial charge in [-0.25, -0.2) is 4.98 Å². The van der Waals surface area contributed by atoms with Gasteiger partial charge in [0.2, 0.25) is 0 Å². The summed E-state index contributed by atoms with van der Waals surface area (Å²) in [5.41, 5.74) is 0.451. The van der Waals surface area contributed by atoms with E-state index in [2.05, 4.69) is 30.8 Å². The Morgan fingerprint density at radius 3 is 2.69 bits per heavy atom. The Hall–Kier alpha value is -0.280. The van der Waals surface area contributed by atoms with Crippen molar-refractivity contribution in [3.8, 4) is 0 Å². The Morgan fingerprint density at radius 2 is 2.31 bits per heavy atom. The third-order valence-electron chi connectivity index (χ3n) is 2.70. The fourth-order valence-electron chi connectivity index (χ4n) is 1.64. The van der Waals surface area contributed by atoms with Crippen LogP contribution in [0, 0.1) is 5.41 Å². The van der Waals surface area contributed by atoms with Crippen molar-refractivity contribution in [2.75, 3.05) is 11.9 Å². The van der Waals surface area contributed by atoms with E-state index in [1.54, 1.807) is 17.5 Å². The molecule has 2 nitrogen and oxygen atoms in total. The Morgan fingerprint density at radius 1 is 1.69 bits per heavy atom. The molecule has 1 unspecified atom stereocenters. The molecule has 0 radical (unpaired) electrons. The van der Waals surface area contributed by atoms with Crippen LogP contribution in [-0.4, -0.2) is 18.1 Å². The van der Waals surface area contributed by atoms with Crippen LogP contribution in [0.25, 0.3) is 0 Å². The zero-order valence-electron chi connectivity index (χ0n) is 8.04. The summed E-state index contributed by atoms with van der Waals surface area (Å²) in [6.07, 6.45) is 2.97. The predicted octanol–water partition coefficient (Wildman–Crippen LogP) is 3.03. The molecule has 0 N–H and O–H groups in total. The summed E-state index contributed by atoms with van der Waals surface area (Å²) in [7, 11) is 2.09. The molecule has 0 bridgehead atoms. The van der Waals surface area contributed by atoms with E-state index in [9.17, 15) is 0 Å². The molecule has 1 heterocycles. The Kier molecular flexibility index (Phi) is 2.04. The van der Waals surface area contributed by atoms with Crippen molar-refractivity contribution < 1.29 is 0 Å². The second-order valence-corrected chi connectivity index (χ2v) is 5.91. The average Bonchev–Trinajstić information content (AvgIpc) is 2.47. The first-order chi connectivity index (χ1) is 6.00. The van der Waals surface area contributed by atoms with E-state index in [1.165, 1.54) is 6.42 Å². The fourth-order valence-corrected chi connectivity index (χ4v) is 2.56. The summed E-state index contributed by atoms with van der Waals surface area (Å²) < 4.78 is 0.764. The van der Waals surface area contributed by atoms with Crippen molar-refractivity contribution >= 4 is 28.1 Å². The lowest BCUT2D eigenvalue weighted by molar-refractivity contribution is 0.603. The number of hydrogen-bond acceptors (Lipinski definition) is 3. The number of rotatable bonds is 2. The first-order valence-electron chi connectivity index (χ1n) is 4.35. The molecule has 1 atom stereocenters. The molecule has 72 valence electrons. The van der Waals surface area contributed by atoms with Gasteiger partial charge in [-0.3, -0.25) is 0 Å². The highest BCUT2D eigenvalue weighted by Crippen LogP contribution is 2.49. The van der Waals surface area contributed by atoms with Crippen molar-refractivity contribution in [3.63, 3.8) is 0 Å². The van der Waals surface area contributed by atoms with Crippen LogP contribution in [-0.2, 0) is 0 Å². The molecule has 2 rings (SSSR count). The molecule has 1 saturated carbocycles. The van der Waals surface area contributed by atoms with Crippen LogP contribution < -0.4 is 4.90 Å². The molecule has 13 heavy (non-hydrogen) atoms. The van der Waals surface area contributed by atoms with Gasteiger partial charge in [-0.15, -0.1) is 0 Å². The molecular weight excluding hydrogens is 204 g/mol. The number of aromatic nitrogens is 1. The second kappa shape index (κ2) is 2.85. The molecule has 1 aliphatic carbocycles. The Labute approximate surface area is 87.5 Å². The number of anilines is 1. The number of nitrogens with zero attached hydrogens (tertiary/aromatic N) is 2. The van der Waals surface area contributed by atoms with E-state index in [0.29, 0.717) is 11.5 Å². The molecule has 0 spiro atoms. The molecule has 1 aromatic rings. The number of hydrogen-bond donors (Lipinski definition) is 0. The molecule has 0 amide bonds. The van der Waals surface area contributed by atoms with Gasteiger partial charge in [0.25, 0.3) is 0 Å². The summed E-state index contributed by atoms with van der Waals surface area (Å²) in [6, 6.07) is 0.634. The molecule has 1 aromatic heterocycles. The number of halogens is 1. The first kappa shape index (κ1) is 9.28. The molecule has 0 aromatic carbocycles. The van der Waals surface area contributed by atoms with E-state index in [-0.39, 0.29) is 0 Å². The van der Waals surface area contributed by atoms with Crippen molar-refractivity contribution in [2.45, 2.75) is 26.3 Å². The molecule has 1 fully saturated rings. The van der Waals surface area contributed by atoms with Crippen molar-refractivity contribution in [1.29, 1.82) is 0 Å². The highest BCUT2D eigenvalue weighted by molar-refractivity contribution is 7.19. The minimum atomic E-state index is 0.451. The quantitative estimate of drug-likeness (QED) is 0.756. The largest absolute Gasteiger partial charge is 0.348 e. The smallest absolute Gasteiger partial charge is 0.186 e. The summed E-state index contributed by atoms with van der Waals surface area (Å²) in [6.45, 7) is 4.56. The topological polar surface area (TPSA) is 16.1 Å². The highest BCUT2D eigenvalue weighted by Gasteiger charge is 2.48. The highest BCUT2D eigenvalue weighted by atomic mass is 35.5. The monoisotopic (exact) mass is 216 g/mol. The van der Waals surface area contributed by atoms with Gasteiger partial charge in [0.05, 0.1) is 6.20 Å². The van der Waals surface area contributed by atoms with Gasteiger partial charge in [-0.1, -0.05) is 36.8 Å². The number of thiazole rings is 1. The van der Waals surface area contributed by atoms with Crippen molar-refractivity contribution in [2.24, 2.45) is 5.41 Å². The van der Waals surface area contributed by atoms with Crippen molar-refractivity contribution in [3.05, 3.63) is 10.5 Å². The predicted molar refractivity (Wildman–Crippen MR) is 57.7 cm³/mol. The van der Waals surface area contributed by atoms with E-state index in [0.717, 1.165) is 9.47 Å². The normalized spacial score (nSPS) is 24.5. The van der Waals surface area contributed by atoms with Crippen LogP contribution in [0.3, 0.4) is 0 Å². The lowest BCUT2D eigenvalue weighted by Gasteiger charge is -2.17. The van der Waals surface area contributed by atoms with Gasteiger partial charge < -0.3 is 4.90 Å². The summed E-state index contributed by atoms with van der Waals surface area (Å²) in [5.74, 6) is 0. The van der Waals surface area contributed by atoms with Crippen molar-refractivity contribution in [1.82, 2.24) is 4.98 Å². The Bertz CT molecular complexity index is 321. The lowest BCUT2D eigenvalue weighted by atomic mass is 10.2. The molecular formula is C9H13ClN2S. The van der Waals surface area contributed by atoms with E-state index in [4.69, 9.17) is 11.6 Å². The SMILES string of the molecule is CN(c1ncc(Cl)s1)C1CC1(C)C. The van der Waals surface area contributed by atoms with Gasteiger partial charge in [0.1, 0.15) is 4.34 Å². The van der Waals surface area contributed by atoms with Crippen LogP contribution in [0.1, 0.15) is 20.3 Å². The van der Waals surface area contributed by atoms with Crippen LogP contribution >= 0.6 is 22.9 Å². The average molecular weight is 217 g/mol.